The van der Waals surface area contributed by atoms with Gasteiger partial charge in [-0.15, -0.1) is 0 Å². The van der Waals surface area contributed by atoms with Gasteiger partial charge in [0.05, 0.1) is 13.2 Å². The Morgan fingerprint density at radius 1 is 0.500 bits per heavy atom. The number of hydrogen-bond acceptors (Lipinski definition) is 4. The molecule has 0 fully saturated rings. The summed E-state index contributed by atoms with van der Waals surface area (Å²) in [6, 6.07) is 0. The first-order chi connectivity index (χ1) is 18.5. The second-order valence-electron chi connectivity index (χ2n) is 11.9. The highest BCUT2D eigenvalue weighted by Crippen LogP contribution is 2.23. The van der Waals surface area contributed by atoms with Crippen LogP contribution in [0.15, 0.2) is 0 Å². The molecule has 0 bridgehead atoms. The third kappa shape index (κ3) is 26.5. The van der Waals surface area contributed by atoms with Crippen molar-refractivity contribution in [3.63, 3.8) is 0 Å². The van der Waals surface area contributed by atoms with Crippen LogP contribution in [0.5, 0.6) is 0 Å². The van der Waals surface area contributed by atoms with Gasteiger partial charge in [-0.05, 0) is 37.5 Å². The van der Waals surface area contributed by atoms with Crippen molar-refractivity contribution in [2.24, 2.45) is 11.8 Å². The number of ether oxygens (including phenoxy) is 2. The maximum Gasteiger partial charge on any atom is 0.306 e. The molecule has 0 aliphatic rings. The molecule has 0 amide bonds. The smallest absolute Gasteiger partial charge is 0.306 e. The lowest BCUT2D eigenvalue weighted by molar-refractivity contribution is -0.145. The van der Waals surface area contributed by atoms with Gasteiger partial charge in [-0.2, -0.15) is 0 Å². The fraction of sp³-hybridized carbons (Fsp3) is 0.941. The van der Waals surface area contributed by atoms with Crippen molar-refractivity contribution in [2.45, 2.75) is 182 Å². The van der Waals surface area contributed by atoms with E-state index < -0.39 is 0 Å². The van der Waals surface area contributed by atoms with Crippen LogP contribution in [-0.2, 0) is 19.1 Å². The first-order valence-electron chi connectivity index (χ1n) is 16.8. The molecule has 0 aromatic heterocycles. The second-order valence-corrected chi connectivity index (χ2v) is 11.9. The number of carbonyl (C=O) groups is 2. The van der Waals surface area contributed by atoms with E-state index in [1.54, 1.807) is 0 Å². The summed E-state index contributed by atoms with van der Waals surface area (Å²) in [6.07, 6.45) is 28.1. The Balaban J connectivity index is 3.51. The third-order valence-corrected chi connectivity index (χ3v) is 7.85. The lowest BCUT2D eigenvalue weighted by Gasteiger charge is -2.20. The second kappa shape index (κ2) is 28.9. The van der Waals surface area contributed by atoms with Crippen LogP contribution in [0.4, 0.5) is 0 Å². The first-order valence-corrected chi connectivity index (χ1v) is 16.8. The zero-order chi connectivity index (χ0) is 28.1. The summed E-state index contributed by atoms with van der Waals surface area (Å²) in [7, 11) is 0. The molecule has 1 unspecified atom stereocenters. The van der Waals surface area contributed by atoms with Crippen molar-refractivity contribution < 1.29 is 19.1 Å². The molecule has 0 aliphatic heterocycles. The lowest BCUT2D eigenvalue weighted by Crippen LogP contribution is -2.17. The molecule has 0 saturated heterocycles. The number of esters is 2. The molecular weight excluding hydrogens is 472 g/mol. The first kappa shape index (κ1) is 36.9. The van der Waals surface area contributed by atoms with Crippen molar-refractivity contribution >= 4 is 11.9 Å². The molecule has 0 heterocycles. The van der Waals surface area contributed by atoms with Gasteiger partial charge in [0.1, 0.15) is 0 Å². The SMILES string of the molecule is CCCCCCCOC(=O)CCCCCCCCCCCCCC(CC(=O)OCCCCCCC)C(C)C. The van der Waals surface area contributed by atoms with Gasteiger partial charge < -0.3 is 9.47 Å². The van der Waals surface area contributed by atoms with Crippen molar-refractivity contribution in [2.75, 3.05) is 13.2 Å². The van der Waals surface area contributed by atoms with Crippen molar-refractivity contribution in [3.05, 3.63) is 0 Å². The van der Waals surface area contributed by atoms with Crippen LogP contribution in [0, 0.1) is 11.8 Å². The minimum atomic E-state index is -0.00620. The van der Waals surface area contributed by atoms with Crippen LogP contribution in [0.3, 0.4) is 0 Å². The van der Waals surface area contributed by atoms with Gasteiger partial charge in [0, 0.05) is 12.8 Å². The molecule has 0 radical (unpaired) electrons. The molecule has 4 heteroatoms. The molecule has 38 heavy (non-hydrogen) atoms. The summed E-state index contributed by atoms with van der Waals surface area (Å²) >= 11 is 0. The van der Waals surface area contributed by atoms with Gasteiger partial charge in [0.15, 0.2) is 0 Å². The largest absolute Gasteiger partial charge is 0.466 e. The van der Waals surface area contributed by atoms with Crippen molar-refractivity contribution in [1.82, 2.24) is 0 Å². The quantitative estimate of drug-likeness (QED) is 0.0702. The van der Waals surface area contributed by atoms with Crippen LogP contribution >= 0.6 is 0 Å². The predicted octanol–water partition coefficient (Wildman–Crippen LogP) is 10.7. The summed E-state index contributed by atoms with van der Waals surface area (Å²) in [5.41, 5.74) is 0. The standard InChI is InChI=1S/C34H66O4/c1-5-7-9-20-24-28-37-33(35)27-23-19-17-15-13-11-12-14-16-18-22-26-32(31(3)4)30-34(36)38-29-25-21-10-8-6-2/h31-32H,5-30H2,1-4H3. The zero-order valence-electron chi connectivity index (χ0n) is 26.2. The number of unbranched alkanes of at least 4 members (excludes halogenated alkanes) is 18. The highest BCUT2D eigenvalue weighted by Gasteiger charge is 2.18. The molecule has 1 atom stereocenters. The van der Waals surface area contributed by atoms with E-state index in [-0.39, 0.29) is 11.9 Å². The molecular formula is C34H66O4. The fourth-order valence-electron chi connectivity index (χ4n) is 5.07. The molecule has 4 nitrogen and oxygen atoms in total. The van der Waals surface area contributed by atoms with Crippen LogP contribution in [0.1, 0.15) is 182 Å². The summed E-state index contributed by atoms with van der Waals surface area (Å²) in [5, 5.41) is 0. The fourth-order valence-corrected chi connectivity index (χ4v) is 5.07. The van der Waals surface area contributed by atoms with Gasteiger partial charge in [-0.1, -0.05) is 143 Å². The molecule has 0 spiro atoms. The van der Waals surface area contributed by atoms with E-state index in [9.17, 15) is 9.59 Å². The summed E-state index contributed by atoms with van der Waals surface area (Å²) in [4.78, 5) is 24.0. The van der Waals surface area contributed by atoms with Gasteiger partial charge in [-0.3, -0.25) is 9.59 Å². The zero-order valence-corrected chi connectivity index (χ0v) is 26.2. The Hall–Kier alpha value is -1.06. The van der Waals surface area contributed by atoms with E-state index in [1.165, 1.54) is 109 Å². The molecule has 0 saturated carbocycles. The summed E-state index contributed by atoms with van der Waals surface area (Å²) in [5.74, 6) is 0.999. The maximum atomic E-state index is 12.2. The molecule has 0 aromatic carbocycles. The van der Waals surface area contributed by atoms with Crippen LogP contribution < -0.4 is 0 Å². The number of rotatable bonds is 29. The maximum absolute atomic E-state index is 12.2. The molecule has 0 aliphatic carbocycles. The lowest BCUT2D eigenvalue weighted by atomic mass is 9.87. The monoisotopic (exact) mass is 538 g/mol. The minimum Gasteiger partial charge on any atom is -0.466 e. The average Bonchev–Trinajstić information content (AvgIpc) is 2.89. The normalized spacial score (nSPS) is 12.1. The van der Waals surface area contributed by atoms with Gasteiger partial charge in [0.2, 0.25) is 0 Å². The number of hydrogen-bond donors (Lipinski definition) is 0. The van der Waals surface area contributed by atoms with E-state index in [0.29, 0.717) is 37.9 Å². The molecule has 0 aromatic rings. The van der Waals surface area contributed by atoms with Crippen molar-refractivity contribution in [3.8, 4) is 0 Å². The van der Waals surface area contributed by atoms with Crippen LogP contribution in [-0.4, -0.2) is 25.2 Å². The Morgan fingerprint density at radius 3 is 1.37 bits per heavy atom. The van der Waals surface area contributed by atoms with Gasteiger partial charge >= 0.3 is 11.9 Å². The van der Waals surface area contributed by atoms with Gasteiger partial charge in [0.25, 0.3) is 0 Å². The highest BCUT2D eigenvalue weighted by molar-refractivity contribution is 5.69. The predicted molar refractivity (Wildman–Crippen MR) is 162 cm³/mol. The van der Waals surface area contributed by atoms with E-state index in [0.717, 1.165) is 32.1 Å². The molecule has 226 valence electrons. The van der Waals surface area contributed by atoms with E-state index in [4.69, 9.17) is 9.47 Å². The summed E-state index contributed by atoms with van der Waals surface area (Å²) in [6.45, 7) is 10.1. The van der Waals surface area contributed by atoms with Crippen LogP contribution in [0.2, 0.25) is 0 Å². The minimum absolute atomic E-state index is 0.00620. The molecule has 0 rings (SSSR count). The van der Waals surface area contributed by atoms with Crippen LogP contribution in [0.25, 0.3) is 0 Å². The van der Waals surface area contributed by atoms with E-state index in [2.05, 4.69) is 27.7 Å². The Morgan fingerprint density at radius 2 is 0.895 bits per heavy atom. The Kier molecular flexibility index (Phi) is 28.1. The molecule has 0 N–H and O–H groups in total. The topological polar surface area (TPSA) is 52.6 Å². The van der Waals surface area contributed by atoms with E-state index in [1.807, 2.05) is 0 Å². The Labute approximate surface area is 237 Å². The third-order valence-electron chi connectivity index (χ3n) is 7.85. The van der Waals surface area contributed by atoms with Crippen molar-refractivity contribution in [1.29, 1.82) is 0 Å². The highest BCUT2D eigenvalue weighted by atomic mass is 16.5. The Bertz CT molecular complexity index is 517. The number of carbonyl (C=O) groups excluding carboxylic acids is 2. The van der Waals surface area contributed by atoms with E-state index >= 15 is 0 Å². The summed E-state index contributed by atoms with van der Waals surface area (Å²) < 4.78 is 10.8. The van der Waals surface area contributed by atoms with Gasteiger partial charge in [-0.25, -0.2) is 0 Å². The average molecular weight is 539 g/mol.